The molecule has 3 rings (SSSR count). The van der Waals surface area contributed by atoms with Crippen molar-refractivity contribution < 1.29 is 12.8 Å². The van der Waals surface area contributed by atoms with Gasteiger partial charge < -0.3 is 0 Å². The number of fused-ring (bicyclic) bond motifs is 1. The Hall–Kier alpha value is -1.90. The van der Waals surface area contributed by atoms with E-state index in [1.165, 1.54) is 30.3 Å². The number of halogens is 1. The minimum Gasteiger partial charge on any atom is -0.207 e. The molecule has 0 saturated heterocycles. The van der Waals surface area contributed by atoms with Gasteiger partial charge in [0.25, 0.3) is 0 Å². The highest BCUT2D eigenvalue weighted by Crippen LogP contribution is 2.21. The van der Waals surface area contributed by atoms with Gasteiger partial charge in [-0.15, -0.1) is 0 Å². The Balaban J connectivity index is 1.87. The van der Waals surface area contributed by atoms with Crippen molar-refractivity contribution in [2.24, 2.45) is 0 Å². The number of aromatic nitrogens is 2. The Labute approximate surface area is 124 Å². The van der Waals surface area contributed by atoms with Crippen LogP contribution in [0.25, 0.3) is 11.0 Å². The van der Waals surface area contributed by atoms with Gasteiger partial charge in [-0.2, -0.15) is 8.75 Å². The van der Waals surface area contributed by atoms with Crippen molar-refractivity contribution in [2.45, 2.75) is 11.4 Å². The molecule has 0 aliphatic carbocycles. The Morgan fingerprint density at radius 3 is 2.62 bits per heavy atom. The largest absolute Gasteiger partial charge is 0.243 e. The summed E-state index contributed by atoms with van der Waals surface area (Å²) in [6, 6.07) is 10.4. The Morgan fingerprint density at radius 1 is 1.10 bits per heavy atom. The fourth-order valence-electron chi connectivity index (χ4n) is 1.86. The highest BCUT2D eigenvalue weighted by Gasteiger charge is 2.19. The van der Waals surface area contributed by atoms with Crippen LogP contribution in [0.1, 0.15) is 5.56 Å². The molecule has 108 valence electrons. The molecule has 3 aromatic rings. The predicted octanol–water partition coefficient (Wildman–Crippen LogP) is 2.31. The molecule has 0 aliphatic heterocycles. The highest BCUT2D eigenvalue weighted by molar-refractivity contribution is 7.89. The summed E-state index contributed by atoms with van der Waals surface area (Å²) in [6.07, 6.45) is 0. The summed E-state index contributed by atoms with van der Waals surface area (Å²) in [7, 11) is -3.70. The van der Waals surface area contributed by atoms with Crippen LogP contribution < -0.4 is 4.72 Å². The molecule has 0 saturated carbocycles. The molecule has 0 bridgehead atoms. The van der Waals surface area contributed by atoms with E-state index < -0.39 is 10.0 Å². The summed E-state index contributed by atoms with van der Waals surface area (Å²) in [5.41, 5.74) is 1.57. The lowest BCUT2D eigenvalue weighted by Gasteiger charge is -2.07. The number of rotatable bonds is 4. The molecular formula is C13H10FN3O2S2. The Morgan fingerprint density at radius 2 is 1.86 bits per heavy atom. The van der Waals surface area contributed by atoms with Gasteiger partial charge in [-0.25, -0.2) is 17.5 Å². The maximum Gasteiger partial charge on any atom is 0.243 e. The van der Waals surface area contributed by atoms with Gasteiger partial charge in [-0.05, 0) is 29.8 Å². The highest BCUT2D eigenvalue weighted by atomic mass is 32.2. The van der Waals surface area contributed by atoms with E-state index in [1.807, 2.05) is 0 Å². The molecule has 1 N–H and O–H groups in total. The third-order valence-corrected chi connectivity index (χ3v) is 4.89. The van der Waals surface area contributed by atoms with Gasteiger partial charge in [0.2, 0.25) is 10.0 Å². The van der Waals surface area contributed by atoms with Crippen LogP contribution in [-0.4, -0.2) is 17.2 Å². The molecular weight excluding hydrogens is 313 g/mol. The van der Waals surface area contributed by atoms with Gasteiger partial charge >= 0.3 is 0 Å². The van der Waals surface area contributed by atoms with Crippen molar-refractivity contribution in [3.8, 4) is 0 Å². The minimum atomic E-state index is -3.70. The SMILES string of the molecule is O=S(=O)(NCc1ccc(F)cc1)c1cccc2nsnc12. The van der Waals surface area contributed by atoms with Crippen LogP contribution in [0.15, 0.2) is 47.4 Å². The van der Waals surface area contributed by atoms with Crippen molar-refractivity contribution in [1.29, 1.82) is 0 Å². The number of hydrogen-bond donors (Lipinski definition) is 1. The van der Waals surface area contributed by atoms with Gasteiger partial charge in [0, 0.05) is 6.54 Å². The maximum absolute atomic E-state index is 12.8. The molecule has 5 nitrogen and oxygen atoms in total. The monoisotopic (exact) mass is 323 g/mol. The topological polar surface area (TPSA) is 72.0 Å². The number of benzene rings is 2. The van der Waals surface area contributed by atoms with Gasteiger partial charge in [0.15, 0.2) is 0 Å². The average molecular weight is 323 g/mol. The zero-order chi connectivity index (χ0) is 14.9. The number of hydrogen-bond acceptors (Lipinski definition) is 5. The second kappa shape index (κ2) is 5.47. The molecule has 0 amide bonds. The molecule has 0 spiro atoms. The van der Waals surface area contributed by atoms with Crippen molar-refractivity contribution in [3.05, 3.63) is 53.8 Å². The molecule has 1 aromatic heterocycles. The number of nitrogens with zero attached hydrogens (tertiary/aromatic N) is 2. The van der Waals surface area contributed by atoms with E-state index in [9.17, 15) is 12.8 Å². The third-order valence-electron chi connectivity index (χ3n) is 2.92. The van der Waals surface area contributed by atoms with E-state index in [0.717, 1.165) is 11.7 Å². The molecule has 1 heterocycles. The van der Waals surface area contributed by atoms with Crippen LogP contribution in [0.4, 0.5) is 4.39 Å². The van der Waals surface area contributed by atoms with Crippen LogP contribution in [0.2, 0.25) is 0 Å². The molecule has 21 heavy (non-hydrogen) atoms. The van der Waals surface area contributed by atoms with Gasteiger partial charge in [-0.1, -0.05) is 18.2 Å². The molecule has 0 atom stereocenters. The van der Waals surface area contributed by atoms with Crippen molar-refractivity contribution >= 4 is 32.8 Å². The first kappa shape index (κ1) is 14.1. The van der Waals surface area contributed by atoms with Crippen LogP contribution in [0, 0.1) is 5.82 Å². The first-order valence-corrected chi connectivity index (χ1v) is 8.23. The Kier molecular flexibility index (Phi) is 3.66. The predicted molar refractivity (Wildman–Crippen MR) is 77.8 cm³/mol. The minimum absolute atomic E-state index is 0.0799. The lowest BCUT2D eigenvalue weighted by atomic mass is 10.2. The number of sulfonamides is 1. The van der Waals surface area contributed by atoms with Crippen LogP contribution in [-0.2, 0) is 16.6 Å². The molecule has 8 heteroatoms. The molecule has 2 aromatic carbocycles. The normalized spacial score (nSPS) is 11.9. The fraction of sp³-hybridized carbons (Fsp3) is 0.0769. The summed E-state index contributed by atoms with van der Waals surface area (Å²) >= 11 is 0.965. The molecule has 0 radical (unpaired) electrons. The van der Waals surface area contributed by atoms with Gasteiger partial charge in [-0.3, -0.25) is 0 Å². The third kappa shape index (κ3) is 2.92. The first-order chi connectivity index (χ1) is 10.1. The zero-order valence-electron chi connectivity index (χ0n) is 10.7. The first-order valence-electron chi connectivity index (χ1n) is 6.02. The van der Waals surface area contributed by atoms with E-state index in [2.05, 4.69) is 13.5 Å². The standard InChI is InChI=1S/C13H10FN3O2S2/c14-10-6-4-9(5-7-10)8-15-21(18,19)12-3-1-2-11-13(12)17-20-16-11/h1-7,15H,8H2. The molecule has 0 fully saturated rings. The van der Waals surface area contributed by atoms with Gasteiger partial charge in [0.05, 0.1) is 11.7 Å². The van der Waals surface area contributed by atoms with E-state index in [4.69, 9.17) is 0 Å². The summed E-state index contributed by atoms with van der Waals surface area (Å²) in [5.74, 6) is -0.361. The Bertz CT molecular complexity index is 876. The smallest absolute Gasteiger partial charge is 0.207 e. The van der Waals surface area contributed by atoms with Crippen molar-refractivity contribution in [1.82, 2.24) is 13.5 Å². The second-order valence-electron chi connectivity index (χ2n) is 4.34. The van der Waals surface area contributed by atoms with Crippen molar-refractivity contribution in [2.75, 3.05) is 0 Å². The summed E-state index contributed by atoms with van der Waals surface area (Å²) in [4.78, 5) is 0.0934. The summed E-state index contributed by atoms with van der Waals surface area (Å²) in [6.45, 7) is 0.0799. The van der Waals surface area contributed by atoms with Crippen LogP contribution in [0.5, 0.6) is 0 Å². The second-order valence-corrected chi connectivity index (χ2v) is 6.60. The summed E-state index contributed by atoms with van der Waals surface area (Å²) < 4.78 is 48.0. The quantitative estimate of drug-likeness (QED) is 0.800. The van der Waals surface area contributed by atoms with E-state index in [0.29, 0.717) is 16.6 Å². The molecule has 0 unspecified atom stereocenters. The van der Waals surface area contributed by atoms with E-state index >= 15 is 0 Å². The van der Waals surface area contributed by atoms with E-state index in [-0.39, 0.29) is 17.3 Å². The van der Waals surface area contributed by atoms with Crippen molar-refractivity contribution in [3.63, 3.8) is 0 Å². The lowest BCUT2D eigenvalue weighted by Crippen LogP contribution is -2.23. The summed E-state index contributed by atoms with van der Waals surface area (Å²) in [5, 5.41) is 0. The van der Waals surface area contributed by atoms with Gasteiger partial charge in [0.1, 0.15) is 21.7 Å². The van der Waals surface area contributed by atoms with Crippen LogP contribution >= 0.6 is 11.7 Å². The lowest BCUT2D eigenvalue weighted by molar-refractivity contribution is 0.582. The zero-order valence-corrected chi connectivity index (χ0v) is 12.3. The maximum atomic E-state index is 12.8. The molecule has 0 aliphatic rings. The fourth-order valence-corrected chi connectivity index (χ4v) is 3.64. The average Bonchev–Trinajstić information content (AvgIpc) is 2.95. The van der Waals surface area contributed by atoms with E-state index in [1.54, 1.807) is 12.1 Å². The van der Waals surface area contributed by atoms with Crippen LogP contribution in [0.3, 0.4) is 0 Å². The number of nitrogens with one attached hydrogen (secondary N) is 1.